The van der Waals surface area contributed by atoms with Crippen molar-refractivity contribution in [1.82, 2.24) is 9.55 Å². The predicted molar refractivity (Wildman–Crippen MR) is 105 cm³/mol. The number of rotatable bonds is 7. The van der Waals surface area contributed by atoms with Gasteiger partial charge in [-0.3, -0.25) is 9.36 Å². The summed E-state index contributed by atoms with van der Waals surface area (Å²) in [5, 5.41) is 0.437. The summed E-state index contributed by atoms with van der Waals surface area (Å²) in [7, 11) is -4.38. The Balaban J connectivity index is 1.79. The van der Waals surface area contributed by atoms with Crippen LogP contribution in [-0.2, 0) is 33.4 Å². The standard InChI is InChI=1S/C18H19ClN3O5P/c19-13-6-7-16-15(8-13)21-17(22(16)11-28(24,25)26)9-14(20)18(23)27-10-12-4-2-1-3-5-12/h1-8,14H,9-11,20H2,(H2,24,25,26)/t14-/m0/s1. The summed E-state index contributed by atoms with van der Waals surface area (Å²) in [6.07, 6.45) is -0.619. The molecule has 0 aliphatic heterocycles. The van der Waals surface area contributed by atoms with E-state index in [4.69, 9.17) is 22.1 Å². The number of aromatic nitrogens is 2. The molecule has 4 N–H and O–H groups in total. The molecule has 0 aliphatic rings. The molecule has 0 bridgehead atoms. The molecule has 1 heterocycles. The molecule has 2 aromatic carbocycles. The van der Waals surface area contributed by atoms with Crippen LogP contribution in [0.25, 0.3) is 11.0 Å². The van der Waals surface area contributed by atoms with Gasteiger partial charge in [0.05, 0.1) is 11.0 Å². The Kier molecular flexibility index (Phi) is 6.17. The van der Waals surface area contributed by atoms with E-state index in [2.05, 4.69) is 4.98 Å². The summed E-state index contributed by atoms with van der Waals surface area (Å²) in [5.74, 6) is -0.360. The molecule has 0 fully saturated rings. The summed E-state index contributed by atoms with van der Waals surface area (Å²) in [4.78, 5) is 35.4. The van der Waals surface area contributed by atoms with E-state index >= 15 is 0 Å². The van der Waals surface area contributed by atoms with Crippen molar-refractivity contribution in [3.05, 3.63) is 64.9 Å². The monoisotopic (exact) mass is 423 g/mol. The van der Waals surface area contributed by atoms with Crippen LogP contribution in [0.1, 0.15) is 11.4 Å². The van der Waals surface area contributed by atoms with Crippen LogP contribution in [-0.4, -0.2) is 31.3 Å². The number of halogens is 1. The second-order valence-electron chi connectivity index (χ2n) is 6.30. The zero-order valence-electron chi connectivity index (χ0n) is 14.7. The molecule has 148 valence electrons. The Morgan fingerprint density at radius 2 is 1.96 bits per heavy atom. The van der Waals surface area contributed by atoms with E-state index in [1.807, 2.05) is 30.3 Å². The van der Waals surface area contributed by atoms with Crippen molar-refractivity contribution in [2.24, 2.45) is 5.73 Å². The number of esters is 1. The first-order valence-corrected chi connectivity index (χ1v) is 10.6. The van der Waals surface area contributed by atoms with E-state index in [-0.39, 0.29) is 18.9 Å². The van der Waals surface area contributed by atoms with Crippen molar-refractivity contribution in [2.45, 2.75) is 25.4 Å². The molecule has 0 aliphatic carbocycles. The van der Waals surface area contributed by atoms with Crippen molar-refractivity contribution >= 4 is 36.2 Å². The number of carbonyl (C=O) groups is 1. The van der Waals surface area contributed by atoms with Crippen LogP contribution in [0.5, 0.6) is 0 Å². The van der Waals surface area contributed by atoms with Crippen LogP contribution >= 0.6 is 19.2 Å². The summed E-state index contributed by atoms with van der Waals surface area (Å²) >= 11 is 5.97. The number of benzene rings is 2. The number of nitrogens with zero attached hydrogens (tertiary/aromatic N) is 2. The van der Waals surface area contributed by atoms with Crippen LogP contribution < -0.4 is 5.73 Å². The van der Waals surface area contributed by atoms with Gasteiger partial charge in [0.1, 0.15) is 24.8 Å². The topological polar surface area (TPSA) is 128 Å². The van der Waals surface area contributed by atoms with Gasteiger partial charge in [-0.2, -0.15) is 0 Å². The largest absolute Gasteiger partial charge is 0.460 e. The normalized spacial score (nSPS) is 12.9. The second-order valence-corrected chi connectivity index (χ2v) is 8.35. The fraction of sp³-hybridized carbons (Fsp3) is 0.222. The maximum absolute atomic E-state index is 12.2. The van der Waals surface area contributed by atoms with Crippen LogP contribution in [0.2, 0.25) is 5.02 Å². The molecule has 0 saturated heterocycles. The van der Waals surface area contributed by atoms with Gasteiger partial charge in [-0.15, -0.1) is 0 Å². The SMILES string of the molecule is N[C@@H](Cc1nc2cc(Cl)ccc2n1CP(=O)(O)O)C(=O)OCc1ccccc1. The van der Waals surface area contributed by atoms with Gasteiger partial charge in [0, 0.05) is 11.4 Å². The molecular weight excluding hydrogens is 405 g/mol. The second kappa shape index (κ2) is 8.43. The Hall–Kier alpha value is -2.22. The molecule has 0 unspecified atom stereocenters. The minimum atomic E-state index is -4.38. The van der Waals surface area contributed by atoms with E-state index in [0.29, 0.717) is 16.1 Å². The van der Waals surface area contributed by atoms with Crippen molar-refractivity contribution in [3.63, 3.8) is 0 Å². The first kappa shape index (κ1) is 20.5. The van der Waals surface area contributed by atoms with E-state index in [0.717, 1.165) is 5.56 Å². The summed E-state index contributed by atoms with van der Waals surface area (Å²) in [5.41, 5.74) is 7.73. The van der Waals surface area contributed by atoms with Crippen LogP contribution in [0, 0.1) is 0 Å². The fourth-order valence-electron chi connectivity index (χ4n) is 2.77. The van der Waals surface area contributed by atoms with Crippen molar-refractivity contribution in [2.75, 3.05) is 0 Å². The van der Waals surface area contributed by atoms with Gasteiger partial charge >= 0.3 is 13.6 Å². The van der Waals surface area contributed by atoms with Crippen molar-refractivity contribution in [1.29, 1.82) is 0 Å². The molecule has 1 atom stereocenters. The highest BCUT2D eigenvalue weighted by atomic mass is 35.5. The van der Waals surface area contributed by atoms with E-state index in [1.165, 1.54) is 4.57 Å². The molecule has 1 aromatic heterocycles. The van der Waals surface area contributed by atoms with Crippen LogP contribution in [0.15, 0.2) is 48.5 Å². The summed E-state index contributed by atoms with van der Waals surface area (Å²) in [6, 6.07) is 12.9. The minimum Gasteiger partial charge on any atom is -0.460 e. The highest BCUT2D eigenvalue weighted by molar-refractivity contribution is 7.50. The van der Waals surface area contributed by atoms with Gasteiger partial charge < -0.3 is 24.8 Å². The van der Waals surface area contributed by atoms with E-state index in [1.54, 1.807) is 18.2 Å². The lowest BCUT2D eigenvalue weighted by atomic mass is 10.2. The highest BCUT2D eigenvalue weighted by Gasteiger charge is 2.24. The molecule has 3 rings (SSSR count). The third kappa shape index (κ3) is 5.19. The third-order valence-electron chi connectivity index (χ3n) is 4.04. The predicted octanol–water partition coefficient (Wildman–Crippen LogP) is 2.44. The molecule has 28 heavy (non-hydrogen) atoms. The Morgan fingerprint density at radius 1 is 1.25 bits per heavy atom. The number of hydrogen-bond donors (Lipinski definition) is 3. The molecule has 0 saturated carbocycles. The number of carbonyl (C=O) groups excluding carboxylic acids is 1. The number of fused-ring (bicyclic) bond motifs is 1. The molecule has 8 nitrogen and oxygen atoms in total. The summed E-state index contributed by atoms with van der Waals surface area (Å²) in [6.45, 7) is 0.0852. The first-order valence-electron chi connectivity index (χ1n) is 8.38. The zero-order chi connectivity index (χ0) is 20.3. The Labute approximate surface area is 166 Å². The summed E-state index contributed by atoms with van der Waals surface area (Å²) < 4.78 is 18.1. The highest BCUT2D eigenvalue weighted by Crippen LogP contribution is 2.38. The van der Waals surface area contributed by atoms with Crippen LogP contribution in [0.4, 0.5) is 0 Å². The lowest BCUT2D eigenvalue weighted by Crippen LogP contribution is -2.35. The molecular formula is C18H19ClN3O5P. The molecule has 10 heteroatoms. The molecule has 0 radical (unpaired) electrons. The van der Waals surface area contributed by atoms with E-state index < -0.39 is 25.9 Å². The smallest absolute Gasteiger partial charge is 0.345 e. The lowest BCUT2D eigenvalue weighted by molar-refractivity contribution is -0.146. The Morgan fingerprint density at radius 3 is 2.64 bits per heavy atom. The maximum atomic E-state index is 12.2. The van der Waals surface area contributed by atoms with Gasteiger partial charge in [-0.25, -0.2) is 4.98 Å². The molecule has 0 amide bonds. The third-order valence-corrected chi connectivity index (χ3v) is 4.93. The van der Waals surface area contributed by atoms with Gasteiger partial charge in [-0.1, -0.05) is 41.9 Å². The number of ether oxygens (including phenoxy) is 1. The number of nitrogens with two attached hydrogens (primary N) is 1. The molecule has 3 aromatic rings. The number of imidazole rings is 1. The van der Waals surface area contributed by atoms with Gasteiger partial charge in [-0.05, 0) is 23.8 Å². The average molecular weight is 424 g/mol. The minimum absolute atomic E-state index is 0.0417. The average Bonchev–Trinajstić information content (AvgIpc) is 2.95. The van der Waals surface area contributed by atoms with Gasteiger partial charge in [0.2, 0.25) is 0 Å². The lowest BCUT2D eigenvalue weighted by Gasteiger charge is -2.14. The van der Waals surface area contributed by atoms with Gasteiger partial charge in [0.15, 0.2) is 0 Å². The first-order chi connectivity index (χ1) is 13.2. The maximum Gasteiger partial charge on any atom is 0.345 e. The van der Waals surface area contributed by atoms with Crippen molar-refractivity contribution in [3.8, 4) is 0 Å². The van der Waals surface area contributed by atoms with Crippen LogP contribution in [0.3, 0.4) is 0 Å². The number of hydrogen-bond acceptors (Lipinski definition) is 5. The van der Waals surface area contributed by atoms with E-state index in [9.17, 15) is 19.1 Å². The van der Waals surface area contributed by atoms with Crippen molar-refractivity contribution < 1.29 is 23.9 Å². The molecule has 0 spiro atoms. The zero-order valence-corrected chi connectivity index (χ0v) is 16.4. The Bertz CT molecular complexity index is 1030. The van der Waals surface area contributed by atoms with Gasteiger partial charge in [0.25, 0.3) is 0 Å². The quantitative estimate of drug-likeness (QED) is 0.393. The fourth-order valence-corrected chi connectivity index (χ4v) is 3.62.